The fraction of sp³-hybridized carbons (Fsp3) is 0.769. The first-order valence-corrected chi connectivity index (χ1v) is 6.21. The van der Waals surface area contributed by atoms with Gasteiger partial charge in [0.1, 0.15) is 11.6 Å². The van der Waals surface area contributed by atoms with Crippen molar-refractivity contribution < 1.29 is 19.5 Å². The summed E-state index contributed by atoms with van der Waals surface area (Å²) < 4.78 is 0. The summed E-state index contributed by atoms with van der Waals surface area (Å²) in [5.41, 5.74) is 0. The summed E-state index contributed by atoms with van der Waals surface area (Å²) in [7, 11) is 0. The van der Waals surface area contributed by atoms with Crippen LogP contribution in [0, 0.1) is 5.92 Å². The fourth-order valence-electron chi connectivity index (χ4n) is 1.73. The van der Waals surface area contributed by atoms with Gasteiger partial charge in [0.2, 0.25) is 0 Å². The Morgan fingerprint density at radius 3 is 2.24 bits per heavy atom. The van der Waals surface area contributed by atoms with Crippen LogP contribution >= 0.6 is 0 Å². The molecule has 0 saturated heterocycles. The molecule has 0 amide bonds. The van der Waals surface area contributed by atoms with Gasteiger partial charge in [-0.3, -0.25) is 9.59 Å². The SMILES string of the molecule is CCC(=O)CCCCCC(CC(C)=O)C(=O)O. The van der Waals surface area contributed by atoms with Crippen LogP contribution in [0.4, 0.5) is 0 Å². The van der Waals surface area contributed by atoms with E-state index in [4.69, 9.17) is 5.11 Å². The molecule has 0 heterocycles. The van der Waals surface area contributed by atoms with Gasteiger partial charge in [0.05, 0.1) is 5.92 Å². The van der Waals surface area contributed by atoms with Crippen LogP contribution in [0.15, 0.2) is 0 Å². The van der Waals surface area contributed by atoms with Gasteiger partial charge in [-0.25, -0.2) is 0 Å². The van der Waals surface area contributed by atoms with Crippen LogP contribution in [-0.4, -0.2) is 22.6 Å². The van der Waals surface area contributed by atoms with Crippen LogP contribution in [0.3, 0.4) is 0 Å². The summed E-state index contributed by atoms with van der Waals surface area (Å²) in [5.74, 6) is -1.29. The Morgan fingerprint density at radius 2 is 1.76 bits per heavy atom. The summed E-state index contributed by atoms with van der Waals surface area (Å²) in [5, 5.41) is 8.90. The van der Waals surface area contributed by atoms with Crippen molar-refractivity contribution in [2.75, 3.05) is 0 Å². The highest BCUT2D eigenvalue weighted by Crippen LogP contribution is 2.15. The molecule has 4 nitrogen and oxygen atoms in total. The van der Waals surface area contributed by atoms with Gasteiger partial charge in [-0.1, -0.05) is 19.8 Å². The van der Waals surface area contributed by atoms with Crippen molar-refractivity contribution in [1.29, 1.82) is 0 Å². The molecule has 0 bridgehead atoms. The molecule has 4 heteroatoms. The normalized spacial score (nSPS) is 12.1. The van der Waals surface area contributed by atoms with Gasteiger partial charge < -0.3 is 9.90 Å². The molecule has 0 spiro atoms. The zero-order valence-corrected chi connectivity index (χ0v) is 10.7. The van der Waals surface area contributed by atoms with Crippen molar-refractivity contribution in [2.24, 2.45) is 5.92 Å². The first-order chi connectivity index (χ1) is 7.97. The molecule has 1 N–H and O–H groups in total. The van der Waals surface area contributed by atoms with Crippen LogP contribution in [0.5, 0.6) is 0 Å². The zero-order chi connectivity index (χ0) is 13.3. The average molecular weight is 242 g/mol. The van der Waals surface area contributed by atoms with E-state index in [1.165, 1.54) is 6.92 Å². The van der Waals surface area contributed by atoms with Crippen molar-refractivity contribution in [3.63, 3.8) is 0 Å². The molecular weight excluding hydrogens is 220 g/mol. The highest BCUT2D eigenvalue weighted by molar-refractivity contribution is 5.81. The van der Waals surface area contributed by atoms with E-state index >= 15 is 0 Å². The number of aliphatic carboxylic acids is 1. The Morgan fingerprint density at radius 1 is 1.12 bits per heavy atom. The number of carboxylic acid groups (broad SMARTS) is 1. The van der Waals surface area contributed by atoms with E-state index in [1.54, 1.807) is 0 Å². The number of carbonyl (C=O) groups is 3. The molecule has 0 aliphatic carbocycles. The van der Waals surface area contributed by atoms with Crippen LogP contribution in [-0.2, 0) is 14.4 Å². The largest absolute Gasteiger partial charge is 0.481 e. The third-order valence-electron chi connectivity index (χ3n) is 2.79. The van der Waals surface area contributed by atoms with Crippen LogP contribution in [0.25, 0.3) is 0 Å². The molecule has 0 radical (unpaired) electrons. The van der Waals surface area contributed by atoms with Crippen molar-refractivity contribution in [3.8, 4) is 0 Å². The smallest absolute Gasteiger partial charge is 0.306 e. The fourth-order valence-corrected chi connectivity index (χ4v) is 1.73. The lowest BCUT2D eigenvalue weighted by molar-refractivity contribution is -0.143. The molecule has 0 aromatic heterocycles. The van der Waals surface area contributed by atoms with Gasteiger partial charge in [0.25, 0.3) is 0 Å². The third-order valence-corrected chi connectivity index (χ3v) is 2.79. The van der Waals surface area contributed by atoms with E-state index in [0.717, 1.165) is 19.3 Å². The maximum atomic E-state index is 11.0. The third kappa shape index (κ3) is 8.60. The maximum Gasteiger partial charge on any atom is 0.306 e. The summed E-state index contributed by atoms with van der Waals surface area (Å²) in [6.07, 6.45) is 4.23. The molecule has 1 unspecified atom stereocenters. The topological polar surface area (TPSA) is 71.4 Å². The molecule has 98 valence electrons. The summed E-state index contributed by atoms with van der Waals surface area (Å²) in [6.45, 7) is 3.26. The highest BCUT2D eigenvalue weighted by atomic mass is 16.4. The molecule has 17 heavy (non-hydrogen) atoms. The summed E-state index contributed by atoms with van der Waals surface area (Å²) in [4.78, 5) is 32.7. The molecular formula is C13H22O4. The van der Waals surface area contributed by atoms with Crippen molar-refractivity contribution >= 4 is 17.5 Å². The Hall–Kier alpha value is -1.19. The number of unbranched alkanes of at least 4 members (excludes halogenated alkanes) is 2. The number of carboxylic acids is 1. The number of hydrogen-bond donors (Lipinski definition) is 1. The lowest BCUT2D eigenvalue weighted by atomic mass is 9.95. The Kier molecular flexibility index (Phi) is 8.28. The van der Waals surface area contributed by atoms with E-state index in [1.807, 2.05) is 6.92 Å². The van der Waals surface area contributed by atoms with Gasteiger partial charge in [-0.15, -0.1) is 0 Å². The average Bonchev–Trinajstić information content (AvgIpc) is 2.25. The Bertz CT molecular complexity index is 271. The molecule has 0 aliphatic rings. The minimum atomic E-state index is -0.898. The number of ketones is 2. The molecule has 0 aromatic carbocycles. The predicted molar refractivity (Wildman–Crippen MR) is 64.8 cm³/mol. The minimum absolute atomic E-state index is 0.0847. The van der Waals surface area contributed by atoms with Crippen molar-refractivity contribution in [3.05, 3.63) is 0 Å². The van der Waals surface area contributed by atoms with Crippen LogP contribution in [0.2, 0.25) is 0 Å². The number of hydrogen-bond acceptors (Lipinski definition) is 3. The predicted octanol–water partition coefficient (Wildman–Crippen LogP) is 2.60. The Balaban J connectivity index is 3.72. The van der Waals surface area contributed by atoms with Crippen molar-refractivity contribution in [1.82, 2.24) is 0 Å². The number of carbonyl (C=O) groups excluding carboxylic acids is 2. The molecule has 0 saturated carbocycles. The number of Topliss-reactive ketones (excluding diaryl/α,β-unsaturated/α-hetero) is 2. The second kappa shape index (κ2) is 8.90. The van der Waals surface area contributed by atoms with E-state index in [2.05, 4.69) is 0 Å². The standard InChI is InChI=1S/C13H22O4/c1-3-12(15)8-6-4-5-7-11(13(16)17)9-10(2)14/h11H,3-9H2,1-2H3,(H,16,17). The van der Waals surface area contributed by atoms with E-state index in [0.29, 0.717) is 19.3 Å². The lowest BCUT2D eigenvalue weighted by Crippen LogP contribution is -2.16. The second-order valence-corrected chi connectivity index (χ2v) is 4.43. The monoisotopic (exact) mass is 242 g/mol. The first kappa shape index (κ1) is 15.8. The van der Waals surface area contributed by atoms with Gasteiger partial charge in [0.15, 0.2) is 0 Å². The minimum Gasteiger partial charge on any atom is -0.481 e. The summed E-state index contributed by atoms with van der Waals surface area (Å²) in [6, 6.07) is 0. The second-order valence-electron chi connectivity index (χ2n) is 4.43. The van der Waals surface area contributed by atoms with Gasteiger partial charge in [0, 0.05) is 19.3 Å². The molecule has 0 fully saturated rings. The van der Waals surface area contributed by atoms with Gasteiger partial charge in [-0.2, -0.15) is 0 Å². The molecule has 0 aromatic rings. The maximum absolute atomic E-state index is 11.0. The number of rotatable bonds is 10. The molecule has 0 aliphatic heterocycles. The summed E-state index contributed by atoms with van der Waals surface area (Å²) >= 11 is 0. The highest BCUT2D eigenvalue weighted by Gasteiger charge is 2.18. The molecule has 0 rings (SSSR count). The Labute approximate surface area is 102 Å². The zero-order valence-electron chi connectivity index (χ0n) is 10.7. The van der Waals surface area contributed by atoms with E-state index < -0.39 is 11.9 Å². The molecule has 1 atom stereocenters. The quantitative estimate of drug-likeness (QED) is 0.598. The van der Waals surface area contributed by atoms with Gasteiger partial charge in [-0.05, 0) is 19.8 Å². The van der Waals surface area contributed by atoms with Crippen LogP contribution < -0.4 is 0 Å². The van der Waals surface area contributed by atoms with E-state index in [-0.39, 0.29) is 18.0 Å². The van der Waals surface area contributed by atoms with E-state index in [9.17, 15) is 14.4 Å². The first-order valence-electron chi connectivity index (χ1n) is 6.21. The van der Waals surface area contributed by atoms with Crippen LogP contribution in [0.1, 0.15) is 58.8 Å². The van der Waals surface area contributed by atoms with Gasteiger partial charge >= 0.3 is 5.97 Å². The van der Waals surface area contributed by atoms with Crippen molar-refractivity contribution in [2.45, 2.75) is 58.8 Å². The lowest BCUT2D eigenvalue weighted by Gasteiger charge is -2.09.